The molecule has 0 unspecified atom stereocenters. The molecule has 12 nitrogen and oxygen atoms in total. The fourth-order valence-corrected chi connectivity index (χ4v) is 6.72. The number of nitrogens with one attached hydrogen (secondary N) is 2. The van der Waals surface area contributed by atoms with Gasteiger partial charge < -0.3 is 35.0 Å². The van der Waals surface area contributed by atoms with E-state index in [2.05, 4.69) is 109 Å². The molecule has 0 aliphatic carbocycles. The molecule has 0 saturated heterocycles. The Morgan fingerprint density at radius 3 is 1.23 bits per heavy atom. The number of hydrogen-bond acceptors (Lipinski definition) is 10. The summed E-state index contributed by atoms with van der Waals surface area (Å²) >= 11 is 0. The van der Waals surface area contributed by atoms with Crippen molar-refractivity contribution in [3.63, 3.8) is 0 Å². The average Bonchev–Trinajstić information content (AvgIpc) is 3.19. The van der Waals surface area contributed by atoms with Crippen LogP contribution in [0.3, 0.4) is 0 Å². The van der Waals surface area contributed by atoms with Crippen LogP contribution in [0, 0.1) is 5.92 Å². The minimum Gasteiger partial charge on any atom is -0.460 e. The Balaban J connectivity index is 3.21. The van der Waals surface area contributed by atoms with E-state index in [1.54, 1.807) is 0 Å². The van der Waals surface area contributed by atoms with Crippen molar-refractivity contribution < 1.29 is 19.1 Å². The van der Waals surface area contributed by atoms with Gasteiger partial charge in [0.05, 0.1) is 5.92 Å². The summed E-state index contributed by atoms with van der Waals surface area (Å²) in [4.78, 5) is 55.4. The maximum absolute atomic E-state index is 14.0. The topological polar surface area (TPSA) is 104 Å². The number of hydrogen-bond donors (Lipinski definition) is 2. The molecule has 0 aromatic heterocycles. The first-order valence-corrected chi connectivity index (χ1v) is 20.7. The maximum Gasteiger partial charge on any atom is 0.312 e. The van der Waals surface area contributed by atoms with Crippen LogP contribution < -0.4 is 10.6 Å². The standard InChI is InChI=1S/C41H78N8O4/c1-11-44(12-2)26-28-46(15-5)32-37(48(17-7)18-8)39(50)42-30-36(41(52)53-34-35-24-22-21-23-25-35)31-43-40(51)38(49(19-9)20-10)33-47(16-6)29-27-45(13-3)14-4/h21-25,36-38H,11-20,26-34H2,1-10H3,(H,42,50)(H,43,51)/t37-,38-/m0/s1. The number of amides is 2. The molecule has 1 aromatic rings. The van der Waals surface area contributed by atoms with Gasteiger partial charge in [-0.1, -0.05) is 99.6 Å². The van der Waals surface area contributed by atoms with Gasteiger partial charge in [-0.15, -0.1) is 0 Å². The Hall–Kier alpha value is -2.61. The zero-order chi connectivity index (χ0) is 39.6. The third-order valence-corrected chi connectivity index (χ3v) is 10.7. The quantitative estimate of drug-likeness (QED) is 0.110. The van der Waals surface area contributed by atoms with Gasteiger partial charge in [-0.25, -0.2) is 0 Å². The Morgan fingerprint density at radius 2 is 0.887 bits per heavy atom. The zero-order valence-corrected chi connectivity index (χ0v) is 35.4. The first kappa shape index (κ1) is 48.4. The minimum absolute atomic E-state index is 0.0664. The van der Waals surface area contributed by atoms with Crippen molar-refractivity contribution in [2.45, 2.75) is 87.9 Å². The Kier molecular flexibility index (Phi) is 26.3. The van der Waals surface area contributed by atoms with Crippen molar-refractivity contribution in [1.82, 2.24) is 40.0 Å². The number of carbonyl (C=O) groups excluding carboxylic acids is 3. The predicted molar refractivity (Wildman–Crippen MR) is 219 cm³/mol. The van der Waals surface area contributed by atoms with Crippen LogP contribution in [0.5, 0.6) is 0 Å². The second-order valence-corrected chi connectivity index (χ2v) is 13.6. The molecule has 0 spiro atoms. The number of carbonyl (C=O) groups is 3. The van der Waals surface area contributed by atoms with E-state index in [1.807, 2.05) is 30.3 Å². The Labute approximate surface area is 323 Å². The Morgan fingerprint density at radius 1 is 0.528 bits per heavy atom. The molecule has 0 heterocycles. The van der Waals surface area contributed by atoms with Crippen molar-refractivity contribution in [1.29, 1.82) is 0 Å². The van der Waals surface area contributed by atoms with E-state index < -0.39 is 11.9 Å². The molecule has 0 bridgehead atoms. The molecule has 0 radical (unpaired) electrons. The molecule has 2 atom stereocenters. The molecule has 0 fully saturated rings. The summed E-state index contributed by atoms with van der Waals surface area (Å²) < 4.78 is 5.78. The molecule has 53 heavy (non-hydrogen) atoms. The molecule has 0 aliphatic heterocycles. The smallest absolute Gasteiger partial charge is 0.312 e. The van der Waals surface area contributed by atoms with E-state index in [1.165, 1.54) is 0 Å². The van der Waals surface area contributed by atoms with E-state index in [-0.39, 0.29) is 43.6 Å². The summed E-state index contributed by atoms with van der Waals surface area (Å²) in [5.74, 6) is -1.43. The highest BCUT2D eigenvalue weighted by Gasteiger charge is 2.31. The van der Waals surface area contributed by atoms with E-state index in [0.29, 0.717) is 13.1 Å². The fourth-order valence-electron chi connectivity index (χ4n) is 6.72. The Bertz CT molecular complexity index is 1040. The minimum atomic E-state index is -0.754. The molecule has 1 rings (SSSR count). The van der Waals surface area contributed by atoms with Crippen LogP contribution in [-0.2, 0) is 25.7 Å². The third-order valence-electron chi connectivity index (χ3n) is 10.7. The number of rotatable bonds is 31. The van der Waals surface area contributed by atoms with E-state index in [0.717, 1.165) is 97.2 Å². The number of esters is 1. The van der Waals surface area contributed by atoms with Gasteiger partial charge in [-0.2, -0.15) is 0 Å². The number of likely N-dealkylation sites (N-methyl/N-ethyl adjacent to an activating group) is 6. The van der Waals surface area contributed by atoms with Crippen LogP contribution in [0.2, 0.25) is 0 Å². The summed E-state index contributed by atoms with van der Waals surface area (Å²) in [6.07, 6.45) is 0. The monoisotopic (exact) mass is 747 g/mol. The molecular weight excluding hydrogens is 669 g/mol. The molecule has 1 aromatic carbocycles. The van der Waals surface area contributed by atoms with Crippen LogP contribution in [0.4, 0.5) is 0 Å². The maximum atomic E-state index is 14.0. The molecule has 2 N–H and O–H groups in total. The van der Waals surface area contributed by atoms with Gasteiger partial charge in [0.1, 0.15) is 18.7 Å². The second-order valence-electron chi connectivity index (χ2n) is 13.6. The lowest BCUT2D eigenvalue weighted by molar-refractivity contribution is -0.149. The fraction of sp³-hybridized carbons (Fsp3) is 0.780. The highest BCUT2D eigenvalue weighted by Crippen LogP contribution is 2.10. The molecule has 12 heteroatoms. The molecule has 0 aliphatic rings. The molecule has 2 amide bonds. The van der Waals surface area contributed by atoms with Crippen LogP contribution in [0.15, 0.2) is 30.3 Å². The summed E-state index contributed by atoms with van der Waals surface area (Å²) in [7, 11) is 0. The van der Waals surface area contributed by atoms with Crippen molar-refractivity contribution >= 4 is 17.8 Å². The third kappa shape index (κ3) is 18.1. The van der Waals surface area contributed by atoms with Gasteiger partial charge in [0.25, 0.3) is 0 Å². The van der Waals surface area contributed by atoms with Crippen molar-refractivity contribution in [3.05, 3.63) is 35.9 Å². The zero-order valence-electron chi connectivity index (χ0n) is 35.4. The summed E-state index contributed by atoms with van der Waals surface area (Å²) in [6.45, 7) is 35.0. The highest BCUT2D eigenvalue weighted by molar-refractivity contribution is 5.84. The van der Waals surface area contributed by atoms with Crippen molar-refractivity contribution in [3.8, 4) is 0 Å². The van der Waals surface area contributed by atoms with E-state index in [9.17, 15) is 14.4 Å². The lowest BCUT2D eigenvalue weighted by Crippen LogP contribution is -2.56. The highest BCUT2D eigenvalue weighted by atomic mass is 16.5. The largest absolute Gasteiger partial charge is 0.460 e. The van der Waals surface area contributed by atoms with E-state index >= 15 is 0 Å². The molecule has 306 valence electrons. The second kappa shape index (κ2) is 28.8. The molecular formula is C41H78N8O4. The summed E-state index contributed by atoms with van der Waals surface area (Å²) in [5, 5.41) is 6.22. The van der Waals surface area contributed by atoms with Crippen LogP contribution in [-0.4, -0.2) is 177 Å². The van der Waals surface area contributed by atoms with Gasteiger partial charge >= 0.3 is 5.97 Å². The van der Waals surface area contributed by atoms with Crippen LogP contribution in [0.25, 0.3) is 0 Å². The summed E-state index contributed by atoms with van der Waals surface area (Å²) in [5.41, 5.74) is 0.879. The van der Waals surface area contributed by atoms with Gasteiger partial charge in [-0.3, -0.25) is 24.2 Å². The SMILES string of the molecule is CCN(CC)CCN(CC)C[C@@H](C(=O)NCC(CNC(=O)[C@H](CN(CC)CCN(CC)CC)N(CC)CC)C(=O)OCc1ccccc1)N(CC)CC. The van der Waals surface area contributed by atoms with Gasteiger partial charge in [-0.05, 0) is 71.0 Å². The van der Waals surface area contributed by atoms with Gasteiger partial charge in [0, 0.05) is 52.4 Å². The van der Waals surface area contributed by atoms with Gasteiger partial charge in [0.2, 0.25) is 11.8 Å². The van der Waals surface area contributed by atoms with Crippen molar-refractivity contribution in [2.75, 3.05) is 118 Å². The first-order valence-electron chi connectivity index (χ1n) is 20.7. The number of benzene rings is 1. The van der Waals surface area contributed by atoms with Crippen molar-refractivity contribution in [2.24, 2.45) is 5.92 Å². The lowest BCUT2D eigenvalue weighted by Gasteiger charge is -2.34. The van der Waals surface area contributed by atoms with Gasteiger partial charge in [0.15, 0.2) is 0 Å². The van der Waals surface area contributed by atoms with E-state index in [4.69, 9.17) is 4.74 Å². The van der Waals surface area contributed by atoms with Crippen LogP contribution in [0.1, 0.15) is 74.8 Å². The number of ether oxygens (including phenoxy) is 1. The van der Waals surface area contributed by atoms with Crippen LogP contribution >= 0.6 is 0 Å². The lowest BCUT2D eigenvalue weighted by atomic mass is 10.1. The number of nitrogens with zero attached hydrogens (tertiary/aromatic N) is 6. The first-order chi connectivity index (χ1) is 25.6. The normalized spacial score (nSPS) is 13.2. The molecule has 0 saturated carbocycles. The predicted octanol–water partition coefficient (Wildman–Crippen LogP) is 3.33. The average molecular weight is 747 g/mol. The summed E-state index contributed by atoms with van der Waals surface area (Å²) in [6, 6.07) is 8.81.